The first kappa shape index (κ1) is 15.0. The molecule has 0 aromatic heterocycles. The first-order valence-corrected chi connectivity index (χ1v) is 6.72. The fraction of sp³-hybridized carbons (Fsp3) is 0.462. The lowest BCUT2D eigenvalue weighted by Crippen LogP contribution is -2.30. The van der Waals surface area contributed by atoms with Crippen LogP contribution in [0.15, 0.2) is 22.7 Å². The zero-order valence-corrected chi connectivity index (χ0v) is 12.5. The van der Waals surface area contributed by atoms with Crippen molar-refractivity contribution in [3.8, 4) is 5.75 Å². The maximum atomic E-state index is 11.9. The smallest absolute Gasteiger partial charge is 0.251 e. The number of amides is 1. The molecule has 0 heterocycles. The van der Waals surface area contributed by atoms with Crippen LogP contribution >= 0.6 is 15.9 Å². The van der Waals surface area contributed by atoms with Gasteiger partial charge in [-0.25, -0.2) is 0 Å². The van der Waals surface area contributed by atoms with E-state index in [0.29, 0.717) is 17.9 Å². The Morgan fingerprint density at radius 1 is 1.33 bits per heavy atom. The van der Waals surface area contributed by atoms with Crippen molar-refractivity contribution in [1.82, 2.24) is 10.6 Å². The number of ether oxygens (including phenoxy) is 1. The largest absolute Gasteiger partial charge is 0.491 e. The van der Waals surface area contributed by atoms with Crippen LogP contribution in [0.1, 0.15) is 24.2 Å². The second-order valence-electron chi connectivity index (χ2n) is 4.20. The Morgan fingerprint density at radius 3 is 2.67 bits per heavy atom. The average Bonchev–Trinajstić information content (AvgIpc) is 2.27. The molecule has 18 heavy (non-hydrogen) atoms. The van der Waals surface area contributed by atoms with Crippen molar-refractivity contribution in [3.05, 3.63) is 28.2 Å². The third kappa shape index (κ3) is 5.06. The lowest BCUT2D eigenvalue weighted by Gasteiger charge is -2.12. The van der Waals surface area contributed by atoms with Crippen molar-refractivity contribution in [1.29, 1.82) is 0 Å². The van der Waals surface area contributed by atoms with Gasteiger partial charge in [0.25, 0.3) is 5.91 Å². The quantitative estimate of drug-likeness (QED) is 0.791. The summed E-state index contributed by atoms with van der Waals surface area (Å²) in [5, 5.41) is 5.80. The highest BCUT2D eigenvalue weighted by molar-refractivity contribution is 9.10. The van der Waals surface area contributed by atoms with Crippen LogP contribution in [-0.2, 0) is 0 Å². The number of benzene rings is 1. The molecule has 100 valence electrons. The van der Waals surface area contributed by atoms with Gasteiger partial charge in [-0.15, -0.1) is 0 Å². The van der Waals surface area contributed by atoms with Gasteiger partial charge in [0.1, 0.15) is 5.75 Å². The summed E-state index contributed by atoms with van der Waals surface area (Å²) in [6.45, 7) is 5.25. The van der Waals surface area contributed by atoms with Gasteiger partial charge in [0.2, 0.25) is 0 Å². The van der Waals surface area contributed by atoms with Gasteiger partial charge in [-0.1, -0.05) is 15.9 Å². The monoisotopic (exact) mass is 314 g/mol. The van der Waals surface area contributed by atoms with E-state index in [0.717, 1.165) is 11.0 Å². The standard InChI is InChI=1S/C13H19BrN2O2/c1-9(2)18-12-7-10(6-11(14)8-12)13(17)16-5-4-15-3/h6-9,15H,4-5H2,1-3H3,(H,16,17). The summed E-state index contributed by atoms with van der Waals surface area (Å²) >= 11 is 3.38. The first-order valence-electron chi connectivity index (χ1n) is 5.93. The molecule has 0 radical (unpaired) electrons. The Hall–Kier alpha value is -1.07. The highest BCUT2D eigenvalue weighted by Crippen LogP contribution is 2.22. The fourth-order valence-electron chi connectivity index (χ4n) is 1.44. The molecule has 1 amide bonds. The van der Waals surface area contributed by atoms with Gasteiger partial charge in [0, 0.05) is 23.1 Å². The van der Waals surface area contributed by atoms with E-state index in [-0.39, 0.29) is 12.0 Å². The van der Waals surface area contributed by atoms with Crippen LogP contribution < -0.4 is 15.4 Å². The summed E-state index contributed by atoms with van der Waals surface area (Å²) in [7, 11) is 1.85. The van der Waals surface area contributed by atoms with Crippen molar-refractivity contribution in [3.63, 3.8) is 0 Å². The van der Waals surface area contributed by atoms with Crippen molar-refractivity contribution >= 4 is 21.8 Å². The van der Waals surface area contributed by atoms with Crippen LogP contribution in [0.3, 0.4) is 0 Å². The minimum atomic E-state index is -0.0971. The lowest BCUT2D eigenvalue weighted by molar-refractivity contribution is 0.0953. The van der Waals surface area contributed by atoms with E-state index in [1.54, 1.807) is 12.1 Å². The van der Waals surface area contributed by atoms with Gasteiger partial charge in [0.15, 0.2) is 0 Å². The van der Waals surface area contributed by atoms with Crippen molar-refractivity contribution in [2.45, 2.75) is 20.0 Å². The van der Waals surface area contributed by atoms with Crippen LogP contribution in [-0.4, -0.2) is 32.1 Å². The number of halogens is 1. The minimum absolute atomic E-state index is 0.0829. The molecule has 0 unspecified atom stereocenters. The summed E-state index contributed by atoms with van der Waals surface area (Å²) in [6, 6.07) is 5.38. The molecule has 0 fully saturated rings. The topological polar surface area (TPSA) is 50.4 Å². The molecule has 0 saturated carbocycles. The van der Waals surface area contributed by atoms with Crippen molar-refractivity contribution < 1.29 is 9.53 Å². The molecule has 0 aliphatic rings. The number of rotatable bonds is 6. The number of carbonyl (C=O) groups excluding carboxylic acids is 1. The maximum Gasteiger partial charge on any atom is 0.251 e. The second-order valence-corrected chi connectivity index (χ2v) is 5.12. The SMILES string of the molecule is CNCCNC(=O)c1cc(Br)cc(OC(C)C)c1. The number of nitrogens with one attached hydrogen (secondary N) is 2. The zero-order chi connectivity index (χ0) is 13.5. The molecule has 0 bridgehead atoms. The van der Waals surface area contributed by atoms with Crippen LogP contribution in [0.4, 0.5) is 0 Å². The Bertz CT molecular complexity index is 408. The molecule has 0 saturated heterocycles. The highest BCUT2D eigenvalue weighted by atomic mass is 79.9. The van der Waals surface area contributed by atoms with Crippen LogP contribution in [0, 0.1) is 0 Å². The molecule has 0 spiro atoms. The third-order valence-corrected chi connectivity index (χ3v) is 2.62. The molecular formula is C13H19BrN2O2. The summed E-state index contributed by atoms with van der Waals surface area (Å²) in [5.74, 6) is 0.596. The predicted molar refractivity (Wildman–Crippen MR) is 76.2 cm³/mol. The normalized spacial score (nSPS) is 10.5. The zero-order valence-electron chi connectivity index (χ0n) is 10.9. The van der Waals surface area contributed by atoms with E-state index in [1.807, 2.05) is 27.0 Å². The van der Waals surface area contributed by atoms with Crippen molar-refractivity contribution in [2.24, 2.45) is 0 Å². The maximum absolute atomic E-state index is 11.9. The fourth-order valence-corrected chi connectivity index (χ4v) is 1.91. The van der Waals surface area contributed by atoms with Gasteiger partial charge in [-0.05, 0) is 39.1 Å². The van der Waals surface area contributed by atoms with E-state index in [4.69, 9.17) is 4.74 Å². The number of carbonyl (C=O) groups is 1. The van der Waals surface area contributed by atoms with Gasteiger partial charge in [-0.2, -0.15) is 0 Å². The lowest BCUT2D eigenvalue weighted by atomic mass is 10.2. The molecule has 1 rings (SSSR count). The molecule has 0 aliphatic heterocycles. The Balaban J connectivity index is 2.75. The van der Waals surface area contributed by atoms with Gasteiger partial charge >= 0.3 is 0 Å². The van der Waals surface area contributed by atoms with E-state index >= 15 is 0 Å². The van der Waals surface area contributed by atoms with Crippen LogP contribution in [0.5, 0.6) is 5.75 Å². The Kier molecular flexibility index (Phi) is 6.15. The van der Waals surface area contributed by atoms with Crippen molar-refractivity contribution in [2.75, 3.05) is 20.1 Å². The first-order chi connectivity index (χ1) is 8.52. The Morgan fingerprint density at radius 2 is 2.06 bits per heavy atom. The van der Waals surface area contributed by atoms with E-state index in [2.05, 4.69) is 26.6 Å². The average molecular weight is 315 g/mol. The number of likely N-dealkylation sites (N-methyl/N-ethyl adjacent to an activating group) is 1. The molecule has 4 nitrogen and oxygen atoms in total. The highest BCUT2D eigenvalue weighted by Gasteiger charge is 2.09. The Labute approximate surface area is 116 Å². The summed E-state index contributed by atoms with van der Waals surface area (Å²) in [4.78, 5) is 11.9. The number of hydrogen-bond acceptors (Lipinski definition) is 3. The summed E-state index contributed by atoms with van der Waals surface area (Å²) in [6.07, 6.45) is 0.0829. The van der Waals surface area contributed by atoms with Gasteiger partial charge < -0.3 is 15.4 Å². The minimum Gasteiger partial charge on any atom is -0.491 e. The van der Waals surface area contributed by atoms with Gasteiger partial charge in [-0.3, -0.25) is 4.79 Å². The molecule has 1 aromatic rings. The van der Waals surface area contributed by atoms with E-state index in [1.165, 1.54) is 0 Å². The molecule has 1 aromatic carbocycles. The second kappa shape index (κ2) is 7.38. The molecule has 0 aliphatic carbocycles. The molecule has 5 heteroatoms. The summed E-state index contributed by atoms with van der Waals surface area (Å²) in [5.41, 5.74) is 0.594. The molecule has 2 N–H and O–H groups in total. The third-order valence-electron chi connectivity index (χ3n) is 2.17. The van der Waals surface area contributed by atoms with E-state index < -0.39 is 0 Å². The van der Waals surface area contributed by atoms with Gasteiger partial charge in [0.05, 0.1) is 6.10 Å². The molecular weight excluding hydrogens is 296 g/mol. The van der Waals surface area contributed by atoms with E-state index in [9.17, 15) is 4.79 Å². The number of hydrogen-bond donors (Lipinski definition) is 2. The summed E-state index contributed by atoms with van der Waals surface area (Å²) < 4.78 is 6.42. The molecule has 0 atom stereocenters. The van der Waals surface area contributed by atoms with Crippen LogP contribution in [0.2, 0.25) is 0 Å². The predicted octanol–water partition coefficient (Wildman–Crippen LogP) is 2.19. The van der Waals surface area contributed by atoms with Crippen LogP contribution in [0.25, 0.3) is 0 Å².